The number of carboxylic acids is 1. The molecule has 1 unspecified atom stereocenters. The maximum absolute atomic E-state index is 11.0. The summed E-state index contributed by atoms with van der Waals surface area (Å²) >= 11 is 0. The van der Waals surface area contributed by atoms with Gasteiger partial charge in [-0.2, -0.15) is 0 Å². The molecule has 2 rings (SSSR count). The summed E-state index contributed by atoms with van der Waals surface area (Å²) in [5.74, 6) is 0.0492. The number of hydrogen-bond donors (Lipinski definition) is 1. The lowest BCUT2D eigenvalue weighted by Gasteiger charge is -2.39. The molecule has 1 aliphatic rings. The van der Waals surface area contributed by atoms with E-state index in [-0.39, 0.29) is 11.8 Å². The average molecular weight is 223 g/mol. The second kappa shape index (κ2) is 4.29. The topological polar surface area (TPSA) is 53.7 Å². The Labute approximate surface area is 94.9 Å². The summed E-state index contributed by atoms with van der Waals surface area (Å²) in [6.45, 7) is 1.79. The standard InChI is InChI=1S/C12H17NO3/c1-13-6-3-5-12(9-13,8-11(14)15)10-4-2-7-16-10/h2,4,7H,3,5-6,8-9H2,1H3,(H,14,15). The Morgan fingerprint density at radius 3 is 3.06 bits per heavy atom. The van der Waals surface area contributed by atoms with Gasteiger partial charge in [0.15, 0.2) is 0 Å². The predicted octanol–water partition coefficient (Wildman–Crippen LogP) is 1.72. The number of likely N-dealkylation sites (tertiary alicyclic amines) is 1. The van der Waals surface area contributed by atoms with E-state index in [2.05, 4.69) is 4.90 Å². The van der Waals surface area contributed by atoms with Crippen LogP contribution in [0.25, 0.3) is 0 Å². The van der Waals surface area contributed by atoms with Gasteiger partial charge in [0.25, 0.3) is 0 Å². The summed E-state index contributed by atoms with van der Waals surface area (Å²) in [5.41, 5.74) is -0.345. The van der Waals surface area contributed by atoms with Crippen LogP contribution in [-0.2, 0) is 10.2 Å². The molecule has 1 aliphatic heterocycles. The number of carboxylic acid groups (broad SMARTS) is 1. The van der Waals surface area contributed by atoms with Crippen molar-refractivity contribution in [1.29, 1.82) is 0 Å². The van der Waals surface area contributed by atoms with Crippen molar-refractivity contribution in [2.45, 2.75) is 24.7 Å². The molecule has 0 bridgehead atoms. The monoisotopic (exact) mass is 223 g/mol. The Morgan fingerprint density at radius 2 is 2.50 bits per heavy atom. The van der Waals surface area contributed by atoms with Crippen molar-refractivity contribution < 1.29 is 14.3 Å². The Kier molecular flexibility index (Phi) is 3.01. The quantitative estimate of drug-likeness (QED) is 0.847. The number of furan rings is 1. The number of rotatable bonds is 3. The molecule has 0 aliphatic carbocycles. The highest BCUT2D eigenvalue weighted by atomic mass is 16.4. The van der Waals surface area contributed by atoms with Crippen LogP contribution in [0.1, 0.15) is 25.0 Å². The molecule has 4 heteroatoms. The van der Waals surface area contributed by atoms with Crippen LogP contribution >= 0.6 is 0 Å². The number of hydrogen-bond acceptors (Lipinski definition) is 3. The van der Waals surface area contributed by atoms with Crippen molar-refractivity contribution >= 4 is 5.97 Å². The summed E-state index contributed by atoms with van der Waals surface area (Å²) < 4.78 is 5.44. The number of likely N-dealkylation sites (N-methyl/N-ethyl adjacent to an activating group) is 1. The number of piperidine rings is 1. The molecule has 1 aromatic rings. The van der Waals surface area contributed by atoms with Gasteiger partial charge in [0.05, 0.1) is 18.1 Å². The van der Waals surface area contributed by atoms with Crippen LogP contribution in [0.5, 0.6) is 0 Å². The normalized spacial score (nSPS) is 26.8. The van der Waals surface area contributed by atoms with Crippen molar-refractivity contribution in [3.05, 3.63) is 24.2 Å². The maximum atomic E-state index is 11.0. The molecule has 0 amide bonds. The zero-order valence-corrected chi connectivity index (χ0v) is 9.48. The molecule has 16 heavy (non-hydrogen) atoms. The highest BCUT2D eigenvalue weighted by Gasteiger charge is 2.40. The van der Waals surface area contributed by atoms with Gasteiger partial charge in [0.2, 0.25) is 0 Å². The first-order chi connectivity index (χ1) is 7.62. The van der Waals surface area contributed by atoms with E-state index in [1.165, 1.54) is 0 Å². The van der Waals surface area contributed by atoms with E-state index >= 15 is 0 Å². The van der Waals surface area contributed by atoms with Gasteiger partial charge in [-0.3, -0.25) is 4.79 Å². The number of aliphatic carboxylic acids is 1. The van der Waals surface area contributed by atoms with E-state index < -0.39 is 5.97 Å². The van der Waals surface area contributed by atoms with E-state index in [9.17, 15) is 4.79 Å². The summed E-state index contributed by atoms with van der Waals surface area (Å²) in [5, 5.41) is 9.06. The molecule has 0 saturated carbocycles. The van der Waals surface area contributed by atoms with Gasteiger partial charge in [0, 0.05) is 6.54 Å². The Balaban J connectivity index is 2.28. The second-order valence-corrected chi connectivity index (χ2v) is 4.67. The summed E-state index contributed by atoms with van der Waals surface area (Å²) in [4.78, 5) is 13.2. The molecule has 1 saturated heterocycles. The van der Waals surface area contributed by atoms with Crippen molar-refractivity contribution in [2.24, 2.45) is 0 Å². The van der Waals surface area contributed by atoms with E-state index in [0.717, 1.165) is 31.7 Å². The third kappa shape index (κ3) is 2.11. The van der Waals surface area contributed by atoms with Crippen LogP contribution < -0.4 is 0 Å². The summed E-state index contributed by atoms with van der Waals surface area (Å²) in [6.07, 6.45) is 3.67. The zero-order valence-electron chi connectivity index (χ0n) is 9.48. The van der Waals surface area contributed by atoms with Crippen LogP contribution in [0.4, 0.5) is 0 Å². The third-order valence-corrected chi connectivity index (χ3v) is 3.30. The third-order valence-electron chi connectivity index (χ3n) is 3.30. The minimum atomic E-state index is -0.758. The van der Waals surface area contributed by atoms with Gasteiger partial charge in [-0.05, 0) is 38.6 Å². The van der Waals surface area contributed by atoms with Gasteiger partial charge in [-0.25, -0.2) is 0 Å². The molecule has 2 heterocycles. The molecule has 0 aromatic carbocycles. The first kappa shape index (κ1) is 11.2. The highest BCUT2D eigenvalue weighted by molar-refractivity contribution is 5.69. The largest absolute Gasteiger partial charge is 0.481 e. The first-order valence-electron chi connectivity index (χ1n) is 5.57. The lowest BCUT2D eigenvalue weighted by molar-refractivity contribution is -0.139. The number of carbonyl (C=O) groups is 1. The summed E-state index contributed by atoms with van der Waals surface area (Å²) in [7, 11) is 2.03. The Morgan fingerprint density at radius 1 is 1.69 bits per heavy atom. The Hall–Kier alpha value is -1.29. The van der Waals surface area contributed by atoms with Crippen LogP contribution in [0.15, 0.2) is 22.8 Å². The molecule has 1 fully saturated rings. The molecule has 1 aromatic heterocycles. The maximum Gasteiger partial charge on any atom is 0.304 e. The lowest BCUT2D eigenvalue weighted by Crippen LogP contribution is -2.45. The molecule has 1 N–H and O–H groups in total. The molecule has 88 valence electrons. The molecule has 0 radical (unpaired) electrons. The van der Waals surface area contributed by atoms with Gasteiger partial charge in [-0.15, -0.1) is 0 Å². The molecule has 1 atom stereocenters. The van der Waals surface area contributed by atoms with E-state index in [0.29, 0.717) is 0 Å². The fourth-order valence-electron chi connectivity index (χ4n) is 2.66. The van der Waals surface area contributed by atoms with Crippen LogP contribution in [0.3, 0.4) is 0 Å². The van der Waals surface area contributed by atoms with Crippen LogP contribution in [0, 0.1) is 0 Å². The van der Waals surface area contributed by atoms with Gasteiger partial charge in [-0.1, -0.05) is 0 Å². The van der Waals surface area contributed by atoms with Crippen LogP contribution in [0.2, 0.25) is 0 Å². The van der Waals surface area contributed by atoms with Crippen LogP contribution in [-0.4, -0.2) is 36.1 Å². The Bertz CT molecular complexity index is 360. The SMILES string of the molecule is CN1CCCC(CC(=O)O)(c2ccco2)C1. The van der Waals surface area contributed by atoms with E-state index in [1.807, 2.05) is 19.2 Å². The zero-order chi connectivity index (χ0) is 11.6. The average Bonchev–Trinajstić information content (AvgIpc) is 2.69. The summed E-state index contributed by atoms with van der Waals surface area (Å²) in [6, 6.07) is 3.72. The van der Waals surface area contributed by atoms with Crippen molar-refractivity contribution in [1.82, 2.24) is 4.90 Å². The van der Waals surface area contributed by atoms with Crippen molar-refractivity contribution in [2.75, 3.05) is 20.1 Å². The fourth-order valence-corrected chi connectivity index (χ4v) is 2.66. The van der Waals surface area contributed by atoms with Gasteiger partial charge in [0.1, 0.15) is 5.76 Å². The minimum Gasteiger partial charge on any atom is -0.481 e. The molecule has 0 spiro atoms. The van der Waals surface area contributed by atoms with E-state index in [4.69, 9.17) is 9.52 Å². The molecular weight excluding hydrogens is 206 g/mol. The minimum absolute atomic E-state index is 0.144. The van der Waals surface area contributed by atoms with E-state index in [1.54, 1.807) is 6.26 Å². The first-order valence-corrected chi connectivity index (χ1v) is 5.57. The van der Waals surface area contributed by atoms with Gasteiger partial charge < -0.3 is 14.4 Å². The molecular formula is C12H17NO3. The fraction of sp³-hybridized carbons (Fsp3) is 0.583. The highest BCUT2D eigenvalue weighted by Crippen LogP contribution is 2.37. The predicted molar refractivity (Wildman–Crippen MR) is 59.4 cm³/mol. The van der Waals surface area contributed by atoms with Crippen molar-refractivity contribution in [3.8, 4) is 0 Å². The van der Waals surface area contributed by atoms with Crippen molar-refractivity contribution in [3.63, 3.8) is 0 Å². The van der Waals surface area contributed by atoms with Gasteiger partial charge >= 0.3 is 5.97 Å². The number of nitrogens with zero attached hydrogens (tertiary/aromatic N) is 1. The smallest absolute Gasteiger partial charge is 0.304 e. The lowest BCUT2D eigenvalue weighted by atomic mass is 9.75. The molecule has 4 nitrogen and oxygen atoms in total. The second-order valence-electron chi connectivity index (χ2n) is 4.67.